The zero-order valence-corrected chi connectivity index (χ0v) is 16.3. The van der Waals surface area contributed by atoms with Crippen LogP contribution in [0.3, 0.4) is 0 Å². The van der Waals surface area contributed by atoms with Crippen molar-refractivity contribution in [1.82, 2.24) is 15.3 Å². The molecule has 1 heterocycles. The number of nitrogens with zero attached hydrogens (tertiary/aromatic N) is 2. The molecule has 6 nitrogen and oxygen atoms in total. The van der Waals surface area contributed by atoms with Crippen molar-refractivity contribution in [3.63, 3.8) is 0 Å². The lowest BCUT2D eigenvalue weighted by molar-refractivity contribution is 0.0945. The van der Waals surface area contributed by atoms with Crippen molar-refractivity contribution in [3.05, 3.63) is 77.2 Å². The third-order valence-electron chi connectivity index (χ3n) is 4.06. The minimum absolute atomic E-state index is 0.242. The highest BCUT2D eigenvalue weighted by atomic mass is 16.5. The number of para-hydroxylation sites is 2. The van der Waals surface area contributed by atoms with E-state index < -0.39 is 0 Å². The van der Waals surface area contributed by atoms with Crippen molar-refractivity contribution in [1.29, 1.82) is 0 Å². The first-order valence-electron chi connectivity index (χ1n) is 9.23. The average Bonchev–Trinajstić information content (AvgIpc) is 2.67. The van der Waals surface area contributed by atoms with E-state index in [-0.39, 0.29) is 5.91 Å². The quantitative estimate of drug-likeness (QED) is 0.647. The molecule has 0 bridgehead atoms. The topological polar surface area (TPSA) is 76.1 Å². The molecule has 0 aliphatic carbocycles. The van der Waals surface area contributed by atoms with Crippen LogP contribution >= 0.6 is 0 Å². The maximum absolute atomic E-state index is 12.6. The van der Waals surface area contributed by atoms with Gasteiger partial charge in [-0.2, -0.15) is 0 Å². The van der Waals surface area contributed by atoms with Gasteiger partial charge in [-0.1, -0.05) is 42.0 Å². The van der Waals surface area contributed by atoms with Crippen LogP contribution in [0.5, 0.6) is 5.75 Å². The Morgan fingerprint density at radius 3 is 2.64 bits per heavy atom. The molecule has 6 heteroatoms. The third-order valence-corrected chi connectivity index (χ3v) is 4.06. The molecule has 144 valence electrons. The van der Waals surface area contributed by atoms with Crippen LogP contribution in [0.1, 0.15) is 34.4 Å². The fraction of sp³-hybridized carbons (Fsp3) is 0.227. The fourth-order valence-electron chi connectivity index (χ4n) is 2.83. The maximum Gasteiger partial charge on any atom is 0.270 e. The van der Waals surface area contributed by atoms with E-state index in [1.807, 2.05) is 62.4 Å². The van der Waals surface area contributed by atoms with Gasteiger partial charge in [0.15, 0.2) is 0 Å². The third kappa shape index (κ3) is 5.07. The van der Waals surface area contributed by atoms with Crippen molar-refractivity contribution in [3.8, 4) is 5.75 Å². The number of carbonyl (C=O) groups is 1. The molecule has 0 fully saturated rings. The lowest BCUT2D eigenvalue weighted by Gasteiger charge is -2.13. The number of rotatable bonds is 7. The Labute approximate surface area is 165 Å². The molecular weight excluding hydrogens is 352 g/mol. The molecule has 2 aromatic carbocycles. The van der Waals surface area contributed by atoms with Gasteiger partial charge in [0.1, 0.15) is 23.1 Å². The molecule has 3 rings (SSSR count). The molecule has 1 amide bonds. The van der Waals surface area contributed by atoms with Gasteiger partial charge >= 0.3 is 0 Å². The summed E-state index contributed by atoms with van der Waals surface area (Å²) in [5.74, 6) is 1.54. The van der Waals surface area contributed by atoms with E-state index in [1.54, 1.807) is 13.0 Å². The van der Waals surface area contributed by atoms with Crippen molar-refractivity contribution >= 4 is 17.4 Å². The number of hydrogen-bond donors (Lipinski definition) is 2. The van der Waals surface area contributed by atoms with Crippen molar-refractivity contribution in [2.75, 3.05) is 11.9 Å². The van der Waals surface area contributed by atoms with Crippen LogP contribution in [0.4, 0.5) is 11.5 Å². The van der Waals surface area contributed by atoms with Gasteiger partial charge in [-0.15, -0.1) is 0 Å². The Hall–Kier alpha value is -3.41. The number of amides is 1. The van der Waals surface area contributed by atoms with E-state index in [0.717, 1.165) is 22.6 Å². The minimum atomic E-state index is -0.242. The first-order valence-corrected chi connectivity index (χ1v) is 9.23. The van der Waals surface area contributed by atoms with Gasteiger partial charge in [0.05, 0.1) is 12.3 Å². The van der Waals surface area contributed by atoms with E-state index in [2.05, 4.69) is 20.6 Å². The number of hydrogen-bond acceptors (Lipinski definition) is 5. The largest absolute Gasteiger partial charge is 0.492 e. The van der Waals surface area contributed by atoms with Crippen LogP contribution in [0.15, 0.2) is 54.6 Å². The van der Waals surface area contributed by atoms with Gasteiger partial charge in [-0.05, 0) is 38.5 Å². The SMILES string of the molecule is CCOc1ccccc1Nc1cc(C(=O)NCc2cccc(C)c2)nc(C)n1. The van der Waals surface area contributed by atoms with Crippen molar-refractivity contribution in [2.45, 2.75) is 27.3 Å². The molecule has 0 saturated heterocycles. The van der Waals surface area contributed by atoms with E-state index >= 15 is 0 Å². The standard InChI is InChI=1S/C22H24N4O2/c1-4-28-20-11-6-5-10-18(20)26-21-13-19(24-16(3)25-21)22(27)23-14-17-9-7-8-15(2)12-17/h5-13H,4,14H2,1-3H3,(H,23,27)(H,24,25,26). The Kier molecular flexibility index (Phi) is 6.22. The number of carbonyl (C=O) groups excluding carboxylic acids is 1. The van der Waals surface area contributed by atoms with E-state index in [1.165, 1.54) is 0 Å². The molecule has 28 heavy (non-hydrogen) atoms. The van der Waals surface area contributed by atoms with Crippen LogP contribution < -0.4 is 15.4 Å². The second kappa shape index (κ2) is 8.99. The summed E-state index contributed by atoms with van der Waals surface area (Å²) in [6.45, 7) is 6.73. The average molecular weight is 376 g/mol. The summed E-state index contributed by atoms with van der Waals surface area (Å²) in [5, 5.41) is 6.13. The van der Waals surface area contributed by atoms with Crippen LogP contribution in [0, 0.1) is 13.8 Å². The second-order valence-electron chi connectivity index (χ2n) is 6.41. The number of benzene rings is 2. The van der Waals surface area contributed by atoms with E-state index in [4.69, 9.17) is 4.74 Å². The highest BCUT2D eigenvalue weighted by Gasteiger charge is 2.12. The summed E-state index contributed by atoms with van der Waals surface area (Å²) in [6, 6.07) is 17.3. The van der Waals surface area contributed by atoms with E-state index in [9.17, 15) is 4.79 Å². The molecule has 0 spiro atoms. The highest BCUT2D eigenvalue weighted by molar-refractivity contribution is 5.93. The predicted octanol–water partition coefficient (Wildman–Crippen LogP) is 4.17. The van der Waals surface area contributed by atoms with Crippen LogP contribution in [-0.4, -0.2) is 22.5 Å². The van der Waals surface area contributed by atoms with Crippen LogP contribution in [0.2, 0.25) is 0 Å². The number of aromatic nitrogens is 2. The summed E-state index contributed by atoms with van der Waals surface area (Å²) in [4.78, 5) is 21.2. The van der Waals surface area contributed by atoms with Gasteiger partial charge in [0.2, 0.25) is 0 Å². The molecule has 0 radical (unpaired) electrons. The first-order chi connectivity index (χ1) is 13.5. The lowest BCUT2D eigenvalue weighted by atomic mass is 10.1. The summed E-state index contributed by atoms with van der Waals surface area (Å²) >= 11 is 0. The fourth-order valence-corrected chi connectivity index (χ4v) is 2.83. The summed E-state index contributed by atoms with van der Waals surface area (Å²) in [6.07, 6.45) is 0. The van der Waals surface area contributed by atoms with Crippen molar-refractivity contribution < 1.29 is 9.53 Å². The molecule has 0 unspecified atom stereocenters. The Balaban J connectivity index is 1.75. The summed E-state index contributed by atoms with van der Waals surface area (Å²) in [7, 11) is 0. The number of aryl methyl sites for hydroxylation is 2. The van der Waals surface area contributed by atoms with Gasteiger partial charge in [0, 0.05) is 12.6 Å². The molecule has 0 aliphatic rings. The maximum atomic E-state index is 12.6. The molecular formula is C22H24N4O2. The number of nitrogens with one attached hydrogen (secondary N) is 2. The summed E-state index contributed by atoms with van der Waals surface area (Å²) in [5.41, 5.74) is 3.30. The Morgan fingerprint density at radius 2 is 1.86 bits per heavy atom. The zero-order chi connectivity index (χ0) is 19.9. The van der Waals surface area contributed by atoms with Gasteiger partial charge < -0.3 is 15.4 Å². The van der Waals surface area contributed by atoms with Gasteiger partial charge in [-0.25, -0.2) is 9.97 Å². The van der Waals surface area contributed by atoms with E-state index in [0.29, 0.717) is 30.5 Å². The van der Waals surface area contributed by atoms with Crippen molar-refractivity contribution in [2.24, 2.45) is 0 Å². The molecule has 0 saturated carbocycles. The molecule has 0 aliphatic heterocycles. The Bertz CT molecular complexity index is 972. The van der Waals surface area contributed by atoms with Gasteiger partial charge in [0.25, 0.3) is 5.91 Å². The highest BCUT2D eigenvalue weighted by Crippen LogP contribution is 2.26. The molecule has 0 atom stereocenters. The van der Waals surface area contributed by atoms with Gasteiger partial charge in [-0.3, -0.25) is 4.79 Å². The van der Waals surface area contributed by atoms with Crippen LogP contribution in [-0.2, 0) is 6.54 Å². The number of ether oxygens (including phenoxy) is 1. The smallest absolute Gasteiger partial charge is 0.270 e. The first kappa shape index (κ1) is 19.4. The molecule has 3 aromatic rings. The monoisotopic (exact) mass is 376 g/mol. The van der Waals surface area contributed by atoms with Crippen LogP contribution in [0.25, 0.3) is 0 Å². The molecule has 1 aromatic heterocycles. The summed E-state index contributed by atoms with van der Waals surface area (Å²) < 4.78 is 5.63. The lowest BCUT2D eigenvalue weighted by Crippen LogP contribution is -2.24. The predicted molar refractivity (Wildman–Crippen MR) is 110 cm³/mol. The normalized spacial score (nSPS) is 10.4. The molecule has 2 N–H and O–H groups in total. The minimum Gasteiger partial charge on any atom is -0.492 e. The number of anilines is 2. The second-order valence-corrected chi connectivity index (χ2v) is 6.41. The Morgan fingerprint density at radius 1 is 1.04 bits per heavy atom. The zero-order valence-electron chi connectivity index (χ0n) is 16.3.